The number of benzene rings is 1. The maximum atomic E-state index is 14.2. The maximum absolute atomic E-state index is 14.2. The van der Waals surface area contributed by atoms with Crippen LogP contribution in [0, 0.1) is 5.82 Å². The van der Waals surface area contributed by atoms with Gasteiger partial charge in [-0.2, -0.15) is 0 Å². The first-order valence-corrected chi connectivity index (χ1v) is 7.74. The van der Waals surface area contributed by atoms with Crippen LogP contribution in [0.2, 0.25) is 0 Å². The first-order chi connectivity index (χ1) is 11.6. The molecule has 0 amide bonds. The van der Waals surface area contributed by atoms with Crippen LogP contribution in [-0.4, -0.2) is 37.7 Å². The van der Waals surface area contributed by atoms with Crippen LogP contribution in [0.3, 0.4) is 0 Å². The number of ether oxygens (including phenoxy) is 3. The molecule has 0 saturated carbocycles. The van der Waals surface area contributed by atoms with Gasteiger partial charge in [0.15, 0.2) is 12.2 Å². The Kier molecular flexibility index (Phi) is 4.80. The van der Waals surface area contributed by atoms with Crippen LogP contribution in [0.15, 0.2) is 36.1 Å². The van der Waals surface area contributed by atoms with Gasteiger partial charge in [0, 0.05) is 5.56 Å². The molecule has 0 spiro atoms. The molecule has 2 heterocycles. The van der Waals surface area contributed by atoms with Crippen molar-refractivity contribution in [2.45, 2.75) is 31.1 Å². The molecule has 0 aliphatic carbocycles. The maximum Gasteiger partial charge on any atom is 0.335 e. The van der Waals surface area contributed by atoms with Gasteiger partial charge in [-0.3, -0.25) is 4.79 Å². The van der Waals surface area contributed by atoms with Crippen molar-refractivity contribution >= 4 is 11.9 Å². The molecule has 2 aliphatic heterocycles. The number of hydrogen-bond donors (Lipinski definition) is 1. The molecule has 1 saturated heterocycles. The Morgan fingerprint density at radius 2 is 2.21 bits per heavy atom. The quantitative estimate of drug-likeness (QED) is 0.824. The van der Waals surface area contributed by atoms with Crippen LogP contribution in [0.25, 0.3) is 0 Å². The summed E-state index contributed by atoms with van der Waals surface area (Å²) in [5, 5.41) is 3.03. The number of halogens is 1. The zero-order valence-corrected chi connectivity index (χ0v) is 13.2. The highest BCUT2D eigenvalue weighted by Crippen LogP contribution is 2.34. The van der Waals surface area contributed by atoms with Gasteiger partial charge in [-0.25, -0.2) is 9.18 Å². The van der Waals surface area contributed by atoms with E-state index in [0.29, 0.717) is 6.42 Å². The number of carbonyl (C=O) groups is 2. The van der Waals surface area contributed by atoms with E-state index in [1.165, 1.54) is 31.4 Å². The number of cyclic esters (lactones) is 1. The SMILES string of the molecule is COC1=CC(=O)OC1C(OC(=O)[C@@H]1CCCN1)c1ccccc1F. The third-order valence-corrected chi connectivity index (χ3v) is 4.09. The summed E-state index contributed by atoms with van der Waals surface area (Å²) in [4.78, 5) is 23.9. The Hall–Kier alpha value is -2.41. The molecule has 3 rings (SSSR count). The molecular weight excluding hydrogens is 317 g/mol. The number of hydrogen-bond acceptors (Lipinski definition) is 6. The van der Waals surface area contributed by atoms with Gasteiger partial charge in [0.1, 0.15) is 17.6 Å². The summed E-state index contributed by atoms with van der Waals surface area (Å²) in [5.74, 6) is -1.47. The third kappa shape index (κ3) is 3.26. The molecule has 3 atom stereocenters. The second-order valence-electron chi connectivity index (χ2n) is 5.64. The van der Waals surface area contributed by atoms with E-state index in [1.54, 1.807) is 6.07 Å². The average Bonchev–Trinajstić information content (AvgIpc) is 3.22. The summed E-state index contributed by atoms with van der Waals surface area (Å²) >= 11 is 0. The van der Waals surface area contributed by atoms with E-state index in [-0.39, 0.29) is 11.3 Å². The fourth-order valence-corrected chi connectivity index (χ4v) is 2.89. The lowest BCUT2D eigenvalue weighted by Gasteiger charge is -2.26. The van der Waals surface area contributed by atoms with Gasteiger partial charge in [-0.15, -0.1) is 0 Å². The van der Waals surface area contributed by atoms with Crippen molar-refractivity contribution in [3.05, 3.63) is 47.5 Å². The Labute approximate surface area is 138 Å². The van der Waals surface area contributed by atoms with Gasteiger partial charge < -0.3 is 19.5 Å². The lowest BCUT2D eigenvalue weighted by atomic mass is 10.0. The van der Waals surface area contributed by atoms with Crippen LogP contribution in [-0.2, 0) is 23.8 Å². The lowest BCUT2D eigenvalue weighted by molar-refractivity contribution is -0.164. The Bertz CT molecular complexity index is 669. The molecule has 1 fully saturated rings. The fraction of sp³-hybridized carbons (Fsp3) is 0.412. The van der Waals surface area contributed by atoms with Crippen LogP contribution in [0.5, 0.6) is 0 Å². The van der Waals surface area contributed by atoms with E-state index in [2.05, 4.69) is 5.32 Å². The molecular formula is C17H18FNO5. The van der Waals surface area contributed by atoms with Gasteiger partial charge in [0.2, 0.25) is 0 Å². The van der Waals surface area contributed by atoms with Crippen LogP contribution in [0.4, 0.5) is 4.39 Å². The third-order valence-electron chi connectivity index (χ3n) is 4.09. The molecule has 1 aromatic carbocycles. The number of methoxy groups -OCH3 is 1. The largest absolute Gasteiger partial charge is 0.497 e. The molecule has 0 bridgehead atoms. The molecule has 2 aliphatic rings. The number of rotatable bonds is 5. The van der Waals surface area contributed by atoms with E-state index in [4.69, 9.17) is 14.2 Å². The van der Waals surface area contributed by atoms with Crippen molar-refractivity contribution in [3.63, 3.8) is 0 Å². The molecule has 24 heavy (non-hydrogen) atoms. The van der Waals surface area contributed by atoms with Gasteiger partial charge in [-0.05, 0) is 25.5 Å². The predicted octanol–water partition coefficient (Wildman–Crippen LogP) is 1.62. The van der Waals surface area contributed by atoms with Crippen molar-refractivity contribution in [2.24, 2.45) is 0 Å². The highest BCUT2D eigenvalue weighted by atomic mass is 19.1. The first kappa shape index (κ1) is 16.4. The minimum Gasteiger partial charge on any atom is -0.497 e. The second-order valence-corrected chi connectivity index (χ2v) is 5.64. The van der Waals surface area contributed by atoms with Crippen molar-refractivity contribution in [3.8, 4) is 0 Å². The van der Waals surface area contributed by atoms with Crippen LogP contribution in [0.1, 0.15) is 24.5 Å². The fourth-order valence-electron chi connectivity index (χ4n) is 2.89. The van der Waals surface area contributed by atoms with Crippen molar-refractivity contribution in [1.29, 1.82) is 0 Å². The van der Waals surface area contributed by atoms with Gasteiger partial charge in [0.25, 0.3) is 0 Å². The molecule has 7 heteroatoms. The summed E-state index contributed by atoms with van der Waals surface area (Å²) < 4.78 is 30.1. The molecule has 0 aromatic heterocycles. The number of carbonyl (C=O) groups excluding carboxylic acids is 2. The standard InChI is InChI=1S/C17H18FNO5/c1-22-13-9-14(20)23-16(13)15(10-5-2-3-6-11(10)18)24-17(21)12-7-4-8-19-12/h2-3,5-6,9,12,15-16,19H,4,7-8H2,1H3/t12-,15?,16?/m0/s1. The van der Waals surface area contributed by atoms with E-state index in [9.17, 15) is 14.0 Å². The van der Waals surface area contributed by atoms with E-state index < -0.39 is 36.0 Å². The van der Waals surface area contributed by atoms with E-state index in [1.807, 2.05) is 0 Å². The highest BCUT2D eigenvalue weighted by molar-refractivity contribution is 5.85. The summed E-state index contributed by atoms with van der Waals surface area (Å²) in [6.07, 6.45) is 0.565. The normalized spacial score (nSPS) is 24.2. The number of nitrogens with one attached hydrogen (secondary N) is 1. The average molecular weight is 335 g/mol. The molecule has 1 aromatic rings. The van der Waals surface area contributed by atoms with Gasteiger partial charge >= 0.3 is 11.9 Å². The van der Waals surface area contributed by atoms with Crippen molar-refractivity contribution in [1.82, 2.24) is 5.32 Å². The minimum absolute atomic E-state index is 0.131. The van der Waals surface area contributed by atoms with Crippen LogP contribution >= 0.6 is 0 Å². The Balaban J connectivity index is 1.89. The van der Waals surface area contributed by atoms with E-state index in [0.717, 1.165) is 13.0 Å². The number of esters is 2. The summed E-state index contributed by atoms with van der Waals surface area (Å²) in [6.45, 7) is 0.728. The monoisotopic (exact) mass is 335 g/mol. The van der Waals surface area contributed by atoms with Crippen LogP contribution < -0.4 is 5.32 Å². The Morgan fingerprint density at radius 3 is 2.88 bits per heavy atom. The molecule has 128 valence electrons. The van der Waals surface area contributed by atoms with Gasteiger partial charge in [0.05, 0.1) is 13.2 Å². The first-order valence-electron chi connectivity index (χ1n) is 7.74. The Morgan fingerprint density at radius 1 is 1.42 bits per heavy atom. The highest BCUT2D eigenvalue weighted by Gasteiger charge is 2.40. The smallest absolute Gasteiger partial charge is 0.335 e. The molecule has 1 N–H and O–H groups in total. The van der Waals surface area contributed by atoms with Crippen molar-refractivity contribution in [2.75, 3.05) is 13.7 Å². The zero-order chi connectivity index (χ0) is 17.1. The second kappa shape index (κ2) is 7.00. The molecule has 6 nitrogen and oxygen atoms in total. The molecule has 2 unspecified atom stereocenters. The lowest BCUT2D eigenvalue weighted by Crippen LogP contribution is -2.36. The zero-order valence-electron chi connectivity index (χ0n) is 13.2. The van der Waals surface area contributed by atoms with Crippen molar-refractivity contribution < 1.29 is 28.2 Å². The summed E-state index contributed by atoms with van der Waals surface area (Å²) in [7, 11) is 1.37. The summed E-state index contributed by atoms with van der Waals surface area (Å²) in [5.41, 5.74) is 0.131. The molecule has 0 radical (unpaired) electrons. The van der Waals surface area contributed by atoms with E-state index >= 15 is 0 Å². The predicted molar refractivity (Wildman–Crippen MR) is 81.2 cm³/mol. The summed E-state index contributed by atoms with van der Waals surface area (Å²) in [6, 6.07) is 5.47. The van der Waals surface area contributed by atoms with Gasteiger partial charge in [-0.1, -0.05) is 18.2 Å². The minimum atomic E-state index is -1.11. The topological polar surface area (TPSA) is 73.9 Å².